The van der Waals surface area contributed by atoms with E-state index in [1.54, 1.807) is 35.6 Å². The number of carbonyl (C=O) groups is 2. The van der Waals surface area contributed by atoms with Gasteiger partial charge < -0.3 is 10.4 Å². The normalized spacial score (nSPS) is 14.9. The Morgan fingerprint density at radius 2 is 1.86 bits per heavy atom. The van der Waals surface area contributed by atoms with Crippen molar-refractivity contribution in [1.29, 1.82) is 0 Å². The summed E-state index contributed by atoms with van der Waals surface area (Å²) in [6.07, 6.45) is 4.18. The molecule has 3 rings (SSSR count). The number of aliphatic carboxylic acids is 1. The number of benzene rings is 1. The zero-order chi connectivity index (χ0) is 15.5. The van der Waals surface area contributed by atoms with Crippen LogP contribution in [0.3, 0.4) is 0 Å². The van der Waals surface area contributed by atoms with Gasteiger partial charge in [-0.1, -0.05) is 30.3 Å². The van der Waals surface area contributed by atoms with Crippen molar-refractivity contribution in [3.8, 4) is 0 Å². The molecule has 22 heavy (non-hydrogen) atoms. The molecule has 1 heterocycles. The Bertz CT molecular complexity index is 693. The molecule has 1 atom stereocenters. The molecule has 0 bridgehead atoms. The van der Waals surface area contributed by atoms with E-state index in [9.17, 15) is 14.7 Å². The lowest BCUT2D eigenvalue weighted by molar-refractivity contribution is -0.139. The van der Waals surface area contributed by atoms with Crippen LogP contribution in [0.1, 0.15) is 45.2 Å². The van der Waals surface area contributed by atoms with E-state index in [1.807, 2.05) is 11.4 Å². The summed E-state index contributed by atoms with van der Waals surface area (Å²) in [6.45, 7) is 0. The molecule has 0 radical (unpaired) electrons. The van der Waals surface area contributed by atoms with Crippen molar-refractivity contribution in [2.45, 2.75) is 31.7 Å². The van der Waals surface area contributed by atoms with Gasteiger partial charge in [0.15, 0.2) is 6.04 Å². The van der Waals surface area contributed by atoms with Crippen molar-refractivity contribution in [2.75, 3.05) is 0 Å². The number of amides is 1. The van der Waals surface area contributed by atoms with Gasteiger partial charge in [-0.15, -0.1) is 11.3 Å². The highest BCUT2D eigenvalue weighted by molar-refractivity contribution is 7.10. The zero-order valence-corrected chi connectivity index (χ0v) is 12.9. The molecular weight excluding hydrogens is 298 g/mol. The topological polar surface area (TPSA) is 66.4 Å². The molecule has 2 aromatic rings. The third kappa shape index (κ3) is 2.90. The minimum atomic E-state index is -1.05. The monoisotopic (exact) mass is 315 g/mol. The summed E-state index contributed by atoms with van der Waals surface area (Å²) in [7, 11) is 0. The van der Waals surface area contributed by atoms with Gasteiger partial charge in [0, 0.05) is 10.3 Å². The van der Waals surface area contributed by atoms with Gasteiger partial charge in [0.2, 0.25) is 0 Å². The third-order valence-electron chi connectivity index (χ3n) is 3.96. The quantitative estimate of drug-likeness (QED) is 0.910. The van der Waals surface area contributed by atoms with E-state index in [0.29, 0.717) is 11.1 Å². The van der Waals surface area contributed by atoms with Crippen LogP contribution >= 0.6 is 11.3 Å². The Labute approximate surface area is 132 Å². The van der Waals surface area contributed by atoms with Crippen LogP contribution in [-0.2, 0) is 17.6 Å². The lowest BCUT2D eigenvalue weighted by atomic mass is 9.95. The molecular formula is C17H17NO3S. The highest BCUT2D eigenvalue weighted by Crippen LogP contribution is 2.30. The first kappa shape index (κ1) is 14.8. The van der Waals surface area contributed by atoms with Crippen molar-refractivity contribution in [3.63, 3.8) is 0 Å². The minimum absolute atomic E-state index is 0.296. The van der Waals surface area contributed by atoms with Gasteiger partial charge in [-0.25, -0.2) is 4.79 Å². The molecule has 1 amide bonds. The summed E-state index contributed by atoms with van der Waals surface area (Å²) >= 11 is 1.60. The number of rotatable bonds is 4. The molecule has 1 unspecified atom stereocenters. The lowest BCUT2D eigenvalue weighted by Gasteiger charge is -2.16. The van der Waals surface area contributed by atoms with Crippen LogP contribution in [0.2, 0.25) is 0 Å². The lowest BCUT2D eigenvalue weighted by Crippen LogP contribution is -2.34. The maximum atomic E-state index is 12.5. The Morgan fingerprint density at radius 3 is 2.59 bits per heavy atom. The van der Waals surface area contributed by atoms with Crippen molar-refractivity contribution >= 4 is 23.2 Å². The van der Waals surface area contributed by atoms with Crippen LogP contribution in [-0.4, -0.2) is 17.0 Å². The fourth-order valence-corrected chi connectivity index (χ4v) is 3.95. The molecule has 0 aliphatic heterocycles. The molecule has 1 aromatic heterocycles. The molecule has 0 spiro atoms. The van der Waals surface area contributed by atoms with Crippen LogP contribution in [0.15, 0.2) is 35.7 Å². The summed E-state index contributed by atoms with van der Waals surface area (Å²) in [4.78, 5) is 25.2. The predicted octanol–water partition coefficient (Wildman–Crippen LogP) is 3.18. The summed E-state index contributed by atoms with van der Waals surface area (Å²) in [5.74, 6) is -1.35. The van der Waals surface area contributed by atoms with Crippen LogP contribution in [0.4, 0.5) is 0 Å². The molecule has 1 aliphatic carbocycles. The number of nitrogens with one attached hydrogen (secondary N) is 1. The molecule has 0 saturated heterocycles. The summed E-state index contributed by atoms with van der Waals surface area (Å²) in [5.41, 5.74) is 2.32. The standard InChI is InChI=1S/C17H17NO3S/c19-16(13-10-22-14-9-5-4-8-12(13)14)18-15(17(20)21)11-6-2-1-3-7-11/h1-3,6-7,10,15H,4-5,8-9H2,(H,18,19)(H,20,21). The maximum absolute atomic E-state index is 12.5. The number of carboxylic acid groups (broad SMARTS) is 1. The Hall–Kier alpha value is -2.14. The van der Waals surface area contributed by atoms with Gasteiger partial charge in [0.25, 0.3) is 5.91 Å². The third-order valence-corrected chi connectivity index (χ3v) is 5.05. The van der Waals surface area contributed by atoms with E-state index in [4.69, 9.17) is 0 Å². The van der Waals surface area contributed by atoms with Crippen LogP contribution in [0.25, 0.3) is 0 Å². The maximum Gasteiger partial charge on any atom is 0.330 e. The molecule has 4 nitrogen and oxygen atoms in total. The molecule has 1 aromatic carbocycles. The number of carboxylic acids is 1. The molecule has 0 saturated carbocycles. The Kier molecular flexibility index (Phi) is 4.24. The molecule has 2 N–H and O–H groups in total. The number of carbonyl (C=O) groups excluding carboxylic acids is 1. The van der Waals surface area contributed by atoms with E-state index >= 15 is 0 Å². The summed E-state index contributed by atoms with van der Waals surface area (Å²) in [6, 6.07) is 7.75. The zero-order valence-electron chi connectivity index (χ0n) is 12.0. The van der Waals surface area contributed by atoms with Crippen LogP contribution in [0.5, 0.6) is 0 Å². The van der Waals surface area contributed by atoms with E-state index in [0.717, 1.165) is 31.2 Å². The second-order valence-electron chi connectivity index (χ2n) is 5.41. The van der Waals surface area contributed by atoms with Crippen LogP contribution in [0, 0.1) is 0 Å². The SMILES string of the molecule is O=C(NC(C(=O)O)c1ccccc1)c1csc2c1CCCC2. The Morgan fingerprint density at radius 1 is 1.14 bits per heavy atom. The number of hydrogen-bond donors (Lipinski definition) is 2. The minimum Gasteiger partial charge on any atom is -0.479 e. The molecule has 1 aliphatic rings. The highest BCUT2D eigenvalue weighted by atomic mass is 32.1. The van der Waals surface area contributed by atoms with Gasteiger partial charge in [-0.05, 0) is 36.8 Å². The molecule has 114 valence electrons. The highest BCUT2D eigenvalue weighted by Gasteiger charge is 2.25. The number of hydrogen-bond acceptors (Lipinski definition) is 3. The summed E-state index contributed by atoms with van der Waals surface area (Å²) < 4.78 is 0. The second kappa shape index (κ2) is 6.32. The first-order valence-electron chi connectivity index (χ1n) is 7.34. The van der Waals surface area contributed by atoms with E-state index < -0.39 is 12.0 Å². The smallest absolute Gasteiger partial charge is 0.330 e. The van der Waals surface area contributed by atoms with Crippen molar-refractivity contribution in [1.82, 2.24) is 5.32 Å². The number of aryl methyl sites for hydroxylation is 1. The van der Waals surface area contributed by atoms with Crippen molar-refractivity contribution in [3.05, 3.63) is 57.3 Å². The van der Waals surface area contributed by atoms with E-state index in [1.165, 1.54) is 4.88 Å². The van der Waals surface area contributed by atoms with Gasteiger partial charge in [0.1, 0.15) is 0 Å². The predicted molar refractivity (Wildman–Crippen MR) is 85.2 cm³/mol. The van der Waals surface area contributed by atoms with E-state index in [-0.39, 0.29) is 5.91 Å². The van der Waals surface area contributed by atoms with Gasteiger partial charge in [-0.3, -0.25) is 4.79 Å². The fraction of sp³-hybridized carbons (Fsp3) is 0.294. The first-order valence-corrected chi connectivity index (χ1v) is 8.22. The average molecular weight is 315 g/mol. The average Bonchev–Trinajstić information content (AvgIpc) is 2.97. The molecule has 0 fully saturated rings. The number of fused-ring (bicyclic) bond motifs is 1. The fourth-order valence-electron chi connectivity index (χ4n) is 2.83. The van der Waals surface area contributed by atoms with Gasteiger partial charge in [0.05, 0.1) is 5.56 Å². The largest absolute Gasteiger partial charge is 0.479 e. The number of thiophene rings is 1. The first-order chi connectivity index (χ1) is 10.7. The van der Waals surface area contributed by atoms with Crippen LogP contribution < -0.4 is 5.32 Å². The van der Waals surface area contributed by atoms with Gasteiger partial charge >= 0.3 is 5.97 Å². The van der Waals surface area contributed by atoms with E-state index in [2.05, 4.69) is 5.32 Å². The summed E-state index contributed by atoms with van der Waals surface area (Å²) in [5, 5.41) is 13.9. The van der Waals surface area contributed by atoms with Crippen molar-refractivity contribution in [2.24, 2.45) is 0 Å². The van der Waals surface area contributed by atoms with Gasteiger partial charge in [-0.2, -0.15) is 0 Å². The second-order valence-corrected chi connectivity index (χ2v) is 6.38. The Balaban J connectivity index is 1.83. The molecule has 5 heteroatoms. The van der Waals surface area contributed by atoms with Crippen molar-refractivity contribution < 1.29 is 14.7 Å².